The quantitative estimate of drug-likeness (QED) is 0.581. The van der Waals surface area contributed by atoms with Gasteiger partial charge >= 0.3 is 10.4 Å². The summed E-state index contributed by atoms with van der Waals surface area (Å²) in [6.45, 7) is 9.20. The Kier molecular flexibility index (Phi) is 7.09. The van der Waals surface area contributed by atoms with Crippen LogP contribution in [-0.2, 0) is 19.3 Å². The molecule has 0 radical (unpaired) electrons. The van der Waals surface area contributed by atoms with Gasteiger partial charge in [-0.3, -0.25) is 4.55 Å². The monoisotopic (exact) mass is 256 g/mol. The van der Waals surface area contributed by atoms with Crippen molar-refractivity contribution in [2.45, 2.75) is 13.8 Å². The van der Waals surface area contributed by atoms with E-state index in [1.165, 1.54) is 31.0 Å². The molecular formula is C9H22NO5S+. The fourth-order valence-electron chi connectivity index (χ4n) is 1.25. The summed E-state index contributed by atoms with van der Waals surface area (Å²) >= 11 is 0. The van der Waals surface area contributed by atoms with Crippen molar-refractivity contribution < 1.29 is 26.4 Å². The number of morpholine rings is 1. The summed E-state index contributed by atoms with van der Waals surface area (Å²) < 4.78 is 37.1. The van der Waals surface area contributed by atoms with Crippen LogP contribution in [0.3, 0.4) is 0 Å². The van der Waals surface area contributed by atoms with Crippen molar-refractivity contribution in [3.63, 3.8) is 0 Å². The summed E-state index contributed by atoms with van der Waals surface area (Å²) in [4.78, 5) is 0. The second-order valence-corrected chi connectivity index (χ2v) is 4.92. The third-order valence-electron chi connectivity index (χ3n) is 2.58. The average Bonchev–Trinajstić information content (AvgIpc) is 2.18. The van der Waals surface area contributed by atoms with E-state index in [4.69, 9.17) is 9.29 Å². The van der Waals surface area contributed by atoms with Crippen LogP contribution in [0.15, 0.2) is 0 Å². The predicted octanol–water partition coefficient (Wildman–Crippen LogP) is 0.309. The van der Waals surface area contributed by atoms with E-state index in [2.05, 4.69) is 18.2 Å². The van der Waals surface area contributed by atoms with Crippen molar-refractivity contribution in [1.29, 1.82) is 0 Å². The summed E-state index contributed by atoms with van der Waals surface area (Å²) in [6.07, 6.45) is 0. The maximum atomic E-state index is 9.56. The molecule has 0 aromatic rings. The molecule has 1 saturated heterocycles. The molecule has 98 valence electrons. The molecule has 0 aromatic carbocycles. The number of rotatable bonds is 3. The number of hydrogen-bond donors (Lipinski definition) is 1. The highest BCUT2D eigenvalue weighted by molar-refractivity contribution is 7.80. The van der Waals surface area contributed by atoms with E-state index in [0.717, 1.165) is 13.2 Å². The molecule has 1 aliphatic heterocycles. The first-order chi connectivity index (χ1) is 7.33. The molecule has 0 aromatic heterocycles. The summed E-state index contributed by atoms with van der Waals surface area (Å²) in [7, 11) is -1.88. The average molecular weight is 256 g/mol. The van der Waals surface area contributed by atoms with Gasteiger partial charge < -0.3 is 9.22 Å². The summed E-state index contributed by atoms with van der Waals surface area (Å²) in [5, 5.41) is 0. The Morgan fingerprint density at radius 1 is 1.31 bits per heavy atom. The highest BCUT2D eigenvalue weighted by Gasteiger charge is 2.21. The van der Waals surface area contributed by atoms with Crippen LogP contribution in [0.4, 0.5) is 0 Å². The highest BCUT2D eigenvalue weighted by Crippen LogP contribution is 2.05. The van der Waals surface area contributed by atoms with Crippen LogP contribution in [0.1, 0.15) is 13.8 Å². The first kappa shape index (κ1) is 15.8. The lowest BCUT2D eigenvalue weighted by molar-refractivity contribution is -0.915. The zero-order valence-corrected chi connectivity index (χ0v) is 11.0. The molecule has 16 heavy (non-hydrogen) atoms. The van der Waals surface area contributed by atoms with E-state index in [0.29, 0.717) is 0 Å². The van der Waals surface area contributed by atoms with Gasteiger partial charge in [0.1, 0.15) is 13.1 Å². The molecule has 1 heterocycles. The van der Waals surface area contributed by atoms with E-state index >= 15 is 0 Å². The van der Waals surface area contributed by atoms with Crippen molar-refractivity contribution in [2.24, 2.45) is 0 Å². The van der Waals surface area contributed by atoms with Crippen LogP contribution in [-0.4, -0.2) is 64.0 Å². The van der Waals surface area contributed by atoms with Gasteiger partial charge in [0.15, 0.2) is 0 Å². The molecule has 1 aliphatic rings. The van der Waals surface area contributed by atoms with Crippen LogP contribution in [0.5, 0.6) is 0 Å². The van der Waals surface area contributed by atoms with Crippen molar-refractivity contribution >= 4 is 10.4 Å². The smallest absolute Gasteiger partial charge is 0.370 e. The van der Waals surface area contributed by atoms with Gasteiger partial charge in [-0.25, -0.2) is 4.18 Å². The van der Waals surface area contributed by atoms with Gasteiger partial charge in [0.25, 0.3) is 0 Å². The molecule has 0 unspecified atom stereocenters. The molecule has 1 fully saturated rings. The van der Waals surface area contributed by atoms with Crippen LogP contribution in [0, 0.1) is 0 Å². The van der Waals surface area contributed by atoms with Crippen molar-refractivity contribution in [1.82, 2.24) is 0 Å². The second-order valence-electron chi connectivity index (χ2n) is 3.83. The van der Waals surface area contributed by atoms with Gasteiger partial charge in [0.2, 0.25) is 0 Å². The number of likely N-dealkylation sites (N-methyl/N-ethyl adjacent to an activating group) is 1. The van der Waals surface area contributed by atoms with E-state index in [1.807, 2.05) is 0 Å². The molecule has 0 bridgehead atoms. The molecule has 0 spiro atoms. The van der Waals surface area contributed by atoms with Gasteiger partial charge in [0, 0.05) is 0 Å². The lowest BCUT2D eigenvalue weighted by Gasteiger charge is -2.36. The van der Waals surface area contributed by atoms with Gasteiger partial charge in [-0.05, 0) is 13.8 Å². The summed E-state index contributed by atoms with van der Waals surface area (Å²) in [6, 6.07) is 0. The lowest BCUT2D eigenvalue weighted by Crippen LogP contribution is -2.51. The molecule has 0 atom stereocenters. The third-order valence-corrected chi connectivity index (χ3v) is 3.11. The van der Waals surface area contributed by atoms with Crippen LogP contribution in [0.2, 0.25) is 0 Å². The molecule has 0 aliphatic carbocycles. The maximum Gasteiger partial charge on any atom is 0.397 e. The first-order valence-corrected chi connectivity index (χ1v) is 6.72. The van der Waals surface area contributed by atoms with Crippen molar-refractivity contribution in [3.05, 3.63) is 0 Å². The maximum absolute atomic E-state index is 9.56. The number of nitrogens with zero attached hydrogens (tertiary/aromatic N) is 1. The molecule has 7 heteroatoms. The molecule has 0 saturated carbocycles. The second kappa shape index (κ2) is 7.18. The zero-order valence-electron chi connectivity index (χ0n) is 10.2. The minimum atomic E-state index is -4.17. The third kappa shape index (κ3) is 8.00. The standard InChI is InChI=1S/C7H16NO.C2H6O4S/c1-3-8(2)4-6-9-7-5-8;1-2-6-7(3,4)5/h3-7H2,1-2H3;2H2,1H3,(H,3,4,5)/q+1;. The lowest BCUT2D eigenvalue weighted by atomic mass is 10.3. The molecule has 6 nitrogen and oxygen atoms in total. The Bertz CT molecular complexity index is 272. The molecule has 1 N–H and O–H groups in total. The van der Waals surface area contributed by atoms with E-state index < -0.39 is 10.4 Å². The SMILES string of the molecule is CCOS(=O)(=O)O.CC[N+]1(C)CCOCC1. The first-order valence-electron chi connectivity index (χ1n) is 5.36. The topological polar surface area (TPSA) is 72.8 Å². The molecule has 0 amide bonds. The van der Waals surface area contributed by atoms with Gasteiger partial charge in [-0.15, -0.1) is 0 Å². The normalized spacial score (nSPS) is 19.8. The Morgan fingerprint density at radius 2 is 1.81 bits per heavy atom. The van der Waals surface area contributed by atoms with E-state index in [9.17, 15) is 8.42 Å². The van der Waals surface area contributed by atoms with Crippen LogP contribution in [0.25, 0.3) is 0 Å². The Hall–Kier alpha value is -0.210. The van der Waals surface area contributed by atoms with Crippen LogP contribution >= 0.6 is 0 Å². The van der Waals surface area contributed by atoms with Gasteiger partial charge in [-0.2, -0.15) is 8.42 Å². The van der Waals surface area contributed by atoms with E-state index in [1.54, 1.807) is 0 Å². The number of hydrogen-bond acceptors (Lipinski definition) is 4. The van der Waals surface area contributed by atoms with Crippen molar-refractivity contribution in [2.75, 3.05) is 46.5 Å². The molecular weight excluding hydrogens is 234 g/mol. The Morgan fingerprint density at radius 3 is 2.00 bits per heavy atom. The summed E-state index contributed by atoms with van der Waals surface area (Å²) in [5.74, 6) is 0. The fourth-order valence-corrected chi connectivity index (χ4v) is 1.55. The fraction of sp³-hybridized carbons (Fsp3) is 1.00. The minimum Gasteiger partial charge on any atom is -0.370 e. The Balaban J connectivity index is 0.000000293. The van der Waals surface area contributed by atoms with Crippen LogP contribution < -0.4 is 0 Å². The number of ether oxygens (including phenoxy) is 1. The zero-order chi connectivity index (χ0) is 12.7. The van der Waals surface area contributed by atoms with Gasteiger partial charge in [0.05, 0.1) is 33.4 Å². The predicted molar refractivity (Wildman–Crippen MR) is 60.5 cm³/mol. The summed E-state index contributed by atoms with van der Waals surface area (Å²) in [5.41, 5.74) is 0. The number of quaternary nitrogens is 1. The Labute approximate surface area is 97.7 Å². The van der Waals surface area contributed by atoms with E-state index in [-0.39, 0.29) is 6.61 Å². The molecule has 1 rings (SSSR count). The van der Waals surface area contributed by atoms with Gasteiger partial charge in [-0.1, -0.05) is 0 Å². The van der Waals surface area contributed by atoms with Crippen molar-refractivity contribution in [3.8, 4) is 0 Å². The minimum absolute atomic E-state index is 0.0289. The largest absolute Gasteiger partial charge is 0.397 e. The highest BCUT2D eigenvalue weighted by atomic mass is 32.3.